The number of benzene rings is 1. The van der Waals surface area contributed by atoms with Crippen LogP contribution in [0, 0.1) is 6.92 Å². The number of hydrogen-bond acceptors (Lipinski definition) is 8. The molecule has 0 spiro atoms. The summed E-state index contributed by atoms with van der Waals surface area (Å²) < 4.78 is 5.21. The van der Waals surface area contributed by atoms with Crippen LogP contribution >= 0.6 is 11.3 Å². The lowest BCUT2D eigenvalue weighted by atomic mass is 9.99. The topological polar surface area (TPSA) is 111 Å². The van der Waals surface area contributed by atoms with Crippen LogP contribution in [0.1, 0.15) is 37.7 Å². The summed E-state index contributed by atoms with van der Waals surface area (Å²) in [5.74, 6) is -0.532. The van der Waals surface area contributed by atoms with Gasteiger partial charge < -0.3 is 10.1 Å². The Labute approximate surface area is 170 Å². The van der Waals surface area contributed by atoms with E-state index < -0.39 is 5.97 Å². The van der Waals surface area contributed by atoms with Crippen LogP contribution in [0.3, 0.4) is 0 Å². The van der Waals surface area contributed by atoms with Gasteiger partial charge in [-0.15, -0.1) is 11.3 Å². The molecule has 1 aromatic carbocycles. The molecule has 29 heavy (non-hydrogen) atoms. The lowest BCUT2D eigenvalue weighted by Crippen LogP contribution is -2.20. The minimum absolute atomic E-state index is 0.0364. The molecule has 0 unspecified atom stereocenters. The number of aryl methyl sites for hydroxylation is 2. The van der Waals surface area contributed by atoms with Crippen molar-refractivity contribution in [2.45, 2.75) is 19.8 Å². The van der Waals surface area contributed by atoms with Crippen molar-refractivity contribution in [1.29, 1.82) is 0 Å². The number of carbonyl (C=O) groups excluding carboxylic acids is 3. The third kappa shape index (κ3) is 4.04. The highest BCUT2D eigenvalue weighted by Gasteiger charge is 2.21. The number of carbonyl (C=O) groups is 3. The molecule has 1 amide bonds. The molecule has 2 aromatic heterocycles. The number of ketones is 1. The average Bonchev–Trinajstić information content (AvgIpc) is 3.13. The fourth-order valence-electron chi connectivity index (χ4n) is 2.93. The van der Waals surface area contributed by atoms with Gasteiger partial charge in [0.25, 0.3) is 0 Å². The second-order valence-electron chi connectivity index (χ2n) is 6.43. The van der Waals surface area contributed by atoms with Crippen molar-refractivity contribution in [2.75, 3.05) is 11.9 Å². The maximum Gasteiger partial charge on any atom is 0.350 e. The first-order chi connectivity index (χ1) is 14.0. The predicted octanol–water partition coefficient (Wildman–Crippen LogP) is 2.83. The quantitative estimate of drug-likeness (QED) is 0.510. The molecule has 4 rings (SSSR count). The molecule has 1 N–H and O–H groups in total. The Kier molecular flexibility index (Phi) is 5.13. The van der Waals surface area contributed by atoms with E-state index in [1.54, 1.807) is 43.6 Å². The summed E-state index contributed by atoms with van der Waals surface area (Å²) >= 11 is 1.12. The van der Waals surface area contributed by atoms with Gasteiger partial charge in [0.1, 0.15) is 4.88 Å². The van der Waals surface area contributed by atoms with Crippen molar-refractivity contribution in [1.82, 2.24) is 15.0 Å². The van der Waals surface area contributed by atoms with Crippen molar-refractivity contribution >= 4 is 34.7 Å². The monoisotopic (exact) mass is 408 g/mol. The largest absolute Gasteiger partial charge is 0.453 e. The Balaban J connectivity index is 1.43. The molecule has 1 aliphatic heterocycles. The molecule has 1 aliphatic rings. The Bertz CT molecular complexity index is 1110. The summed E-state index contributed by atoms with van der Waals surface area (Å²) in [7, 11) is 0. The predicted molar refractivity (Wildman–Crippen MR) is 106 cm³/mol. The van der Waals surface area contributed by atoms with Gasteiger partial charge in [-0.2, -0.15) is 0 Å². The zero-order chi connectivity index (χ0) is 20.4. The van der Waals surface area contributed by atoms with Gasteiger partial charge in [0, 0.05) is 30.1 Å². The minimum atomic E-state index is -0.610. The molecule has 0 radical (unpaired) electrons. The number of fused-ring (bicyclic) bond motifs is 1. The van der Waals surface area contributed by atoms with E-state index in [0.717, 1.165) is 16.9 Å². The standard InChI is InChI=1S/C20H16N4O4S/c1-11-17(29-19(23-11)18-21-7-2-8-22-18)20(27)28-10-15(25)13-3-5-14-12(9-13)4-6-16(26)24-14/h2-3,5,7-9H,4,6,10H2,1H3,(H,24,26). The Morgan fingerprint density at radius 2 is 2.00 bits per heavy atom. The van der Waals surface area contributed by atoms with Gasteiger partial charge in [-0.25, -0.2) is 19.7 Å². The highest BCUT2D eigenvalue weighted by molar-refractivity contribution is 7.16. The number of ether oxygens (including phenoxy) is 1. The molecule has 0 aliphatic carbocycles. The molecule has 0 bridgehead atoms. The first-order valence-corrected chi connectivity index (χ1v) is 9.71. The molecule has 0 saturated heterocycles. The van der Waals surface area contributed by atoms with E-state index >= 15 is 0 Å². The van der Waals surface area contributed by atoms with E-state index in [0.29, 0.717) is 45.5 Å². The first kappa shape index (κ1) is 18.9. The molecule has 0 saturated carbocycles. The molecule has 3 heterocycles. The number of Topliss-reactive ketones (excluding diaryl/α,β-unsaturated/α-hetero) is 1. The summed E-state index contributed by atoms with van der Waals surface area (Å²) in [6, 6.07) is 6.73. The van der Waals surface area contributed by atoms with Crippen LogP contribution in [0.2, 0.25) is 0 Å². The third-order valence-electron chi connectivity index (χ3n) is 4.40. The maximum absolute atomic E-state index is 12.4. The zero-order valence-corrected chi connectivity index (χ0v) is 16.3. The summed E-state index contributed by atoms with van der Waals surface area (Å²) in [6.45, 7) is 1.32. The number of nitrogens with zero attached hydrogens (tertiary/aromatic N) is 3. The fourth-order valence-corrected chi connectivity index (χ4v) is 3.84. The van der Waals surface area contributed by atoms with Gasteiger partial charge in [-0.1, -0.05) is 0 Å². The SMILES string of the molecule is Cc1nc(-c2ncccn2)sc1C(=O)OCC(=O)c1ccc2c(c1)CCC(=O)N2. The molecule has 146 valence electrons. The van der Waals surface area contributed by atoms with E-state index in [-0.39, 0.29) is 18.3 Å². The third-order valence-corrected chi connectivity index (χ3v) is 5.53. The Morgan fingerprint density at radius 1 is 1.21 bits per heavy atom. The number of hydrogen-bond donors (Lipinski definition) is 1. The van der Waals surface area contributed by atoms with E-state index in [1.807, 2.05) is 0 Å². The minimum Gasteiger partial charge on any atom is -0.453 e. The number of anilines is 1. The summed E-state index contributed by atoms with van der Waals surface area (Å²) in [5, 5.41) is 3.28. The number of nitrogens with one attached hydrogen (secondary N) is 1. The van der Waals surface area contributed by atoms with Gasteiger partial charge in [0.05, 0.1) is 5.69 Å². The van der Waals surface area contributed by atoms with Crippen molar-refractivity contribution in [3.05, 3.63) is 58.4 Å². The van der Waals surface area contributed by atoms with Gasteiger partial charge in [0.2, 0.25) is 5.91 Å². The van der Waals surface area contributed by atoms with Crippen LogP contribution in [0.25, 0.3) is 10.8 Å². The number of rotatable bonds is 5. The van der Waals surface area contributed by atoms with Crippen LogP contribution in [-0.4, -0.2) is 39.2 Å². The van der Waals surface area contributed by atoms with E-state index in [1.165, 1.54) is 0 Å². The second kappa shape index (κ2) is 7.88. The summed E-state index contributed by atoms with van der Waals surface area (Å²) in [5.41, 5.74) is 2.55. The van der Waals surface area contributed by atoms with Crippen LogP contribution in [0.4, 0.5) is 5.69 Å². The summed E-state index contributed by atoms with van der Waals surface area (Å²) in [6.07, 6.45) is 4.16. The van der Waals surface area contributed by atoms with Crippen LogP contribution < -0.4 is 5.32 Å². The second-order valence-corrected chi connectivity index (χ2v) is 7.42. The summed E-state index contributed by atoms with van der Waals surface area (Å²) in [4.78, 5) is 49.2. The Hall–Kier alpha value is -3.46. The van der Waals surface area contributed by atoms with Gasteiger partial charge in [-0.3, -0.25) is 9.59 Å². The number of amides is 1. The maximum atomic E-state index is 12.4. The lowest BCUT2D eigenvalue weighted by Gasteiger charge is -2.17. The molecular formula is C20H16N4O4S. The van der Waals surface area contributed by atoms with Crippen LogP contribution in [0.15, 0.2) is 36.7 Å². The van der Waals surface area contributed by atoms with Crippen molar-refractivity contribution in [3.8, 4) is 10.8 Å². The Morgan fingerprint density at radius 3 is 2.79 bits per heavy atom. The van der Waals surface area contributed by atoms with Gasteiger partial charge in [0.15, 0.2) is 23.2 Å². The van der Waals surface area contributed by atoms with E-state index in [2.05, 4.69) is 20.3 Å². The zero-order valence-electron chi connectivity index (χ0n) is 15.5. The number of esters is 1. The molecule has 3 aromatic rings. The van der Waals surface area contributed by atoms with E-state index in [4.69, 9.17) is 4.74 Å². The van der Waals surface area contributed by atoms with Gasteiger partial charge in [-0.05, 0) is 43.2 Å². The van der Waals surface area contributed by atoms with Gasteiger partial charge >= 0.3 is 5.97 Å². The van der Waals surface area contributed by atoms with Crippen LogP contribution in [0.5, 0.6) is 0 Å². The van der Waals surface area contributed by atoms with Crippen molar-refractivity contribution in [2.24, 2.45) is 0 Å². The fraction of sp³-hybridized carbons (Fsp3) is 0.200. The molecule has 0 fully saturated rings. The van der Waals surface area contributed by atoms with E-state index in [9.17, 15) is 14.4 Å². The molecular weight excluding hydrogens is 392 g/mol. The van der Waals surface area contributed by atoms with Crippen LogP contribution in [-0.2, 0) is 16.0 Å². The lowest BCUT2D eigenvalue weighted by molar-refractivity contribution is -0.116. The molecule has 8 nitrogen and oxygen atoms in total. The van der Waals surface area contributed by atoms with Crippen molar-refractivity contribution < 1.29 is 19.1 Å². The van der Waals surface area contributed by atoms with Crippen molar-refractivity contribution in [3.63, 3.8) is 0 Å². The highest BCUT2D eigenvalue weighted by Crippen LogP contribution is 2.26. The number of thiazole rings is 1. The normalized spacial score (nSPS) is 12.8. The number of aromatic nitrogens is 3. The first-order valence-electron chi connectivity index (χ1n) is 8.89. The smallest absolute Gasteiger partial charge is 0.350 e. The highest BCUT2D eigenvalue weighted by atomic mass is 32.1. The average molecular weight is 408 g/mol. The molecule has 0 atom stereocenters. The molecule has 9 heteroatoms.